The van der Waals surface area contributed by atoms with Crippen molar-refractivity contribution >= 4 is 23.4 Å². The van der Waals surface area contributed by atoms with E-state index in [1.54, 1.807) is 0 Å². The summed E-state index contributed by atoms with van der Waals surface area (Å²) in [6, 6.07) is 7.40. The number of carbonyl (C=O) groups excluding carboxylic acids is 1. The molecule has 0 bridgehead atoms. The summed E-state index contributed by atoms with van der Waals surface area (Å²) in [5.41, 5.74) is 0.761. The molecule has 0 radical (unpaired) electrons. The van der Waals surface area contributed by atoms with Crippen LogP contribution in [0.2, 0.25) is 0 Å². The first-order valence-corrected chi connectivity index (χ1v) is 9.63. The molecule has 1 amide bonds. The number of anilines is 1. The lowest BCUT2D eigenvalue weighted by atomic mass is 10.3. The molecule has 1 aromatic carbocycles. The summed E-state index contributed by atoms with van der Waals surface area (Å²) in [5, 5.41) is 12.1. The number of hydrogen-bond donors (Lipinski definition) is 1. The Labute approximate surface area is 152 Å². The Hall–Kier alpha value is -2.02. The molecule has 1 heterocycles. The lowest BCUT2D eigenvalue weighted by molar-refractivity contribution is -0.115. The molecule has 25 heavy (non-hydrogen) atoms. The number of ether oxygens (including phenoxy) is 1. The lowest BCUT2D eigenvalue weighted by Gasteiger charge is -2.13. The van der Waals surface area contributed by atoms with E-state index in [1.165, 1.54) is 24.6 Å². The normalized spacial score (nSPS) is 15.0. The molecule has 134 valence electrons. The number of nitrogens with one attached hydrogen (secondary N) is 1. The number of benzene rings is 1. The minimum absolute atomic E-state index is 0.0483. The first kappa shape index (κ1) is 17.8. The minimum Gasteiger partial charge on any atom is -0.494 e. The molecule has 1 aromatic heterocycles. The molecule has 1 N–H and O–H groups in total. The van der Waals surface area contributed by atoms with Crippen LogP contribution in [0.5, 0.6) is 5.75 Å². The Morgan fingerprint density at radius 3 is 2.64 bits per heavy atom. The van der Waals surface area contributed by atoms with Gasteiger partial charge in [0.05, 0.1) is 11.9 Å². The zero-order valence-electron chi connectivity index (χ0n) is 14.9. The summed E-state index contributed by atoms with van der Waals surface area (Å²) in [7, 11) is 0. The minimum atomic E-state index is -0.256. The van der Waals surface area contributed by atoms with E-state index in [9.17, 15) is 4.79 Å². The third-order valence-corrected chi connectivity index (χ3v) is 5.17. The summed E-state index contributed by atoms with van der Waals surface area (Å²) >= 11 is 1.45. The molecule has 1 saturated carbocycles. The number of hydrogen-bond acceptors (Lipinski definition) is 5. The fourth-order valence-corrected chi connectivity index (χ4v) is 3.50. The van der Waals surface area contributed by atoms with Crippen LogP contribution < -0.4 is 10.1 Å². The molecular formula is C18H24N4O2S. The molecule has 1 aliphatic carbocycles. The molecule has 0 aliphatic heterocycles. The third kappa shape index (κ3) is 4.34. The first-order chi connectivity index (χ1) is 12.1. The second-order valence-electron chi connectivity index (χ2n) is 6.07. The second-order valence-corrected chi connectivity index (χ2v) is 7.37. The molecule has 1 aliphatic rings. The highest BCUT2D eigenvalue weighted by Crippen LogP contribution is 2.40. The van der Waals surface area contributed by atoms with Gasteiger partial charge in [-0.3, -0.25) is 4.79 Å². The molecule has 2 aromatic rings. The van der Waals surface area contributed by atoms with E-state index in [0.717, 1.165) is 29.0 Å². The van der Waals surface area contributed by atoms with Crippen molar-refractivity contribution in [2.45, 2.75) is 56.5 Å². The van der Waals surface area contributed by atoms with Crippen LogP contribution in [0, 0.1) is 0 Å². The van der Waals surface area contributed by atoms with Crippen LogP contribution in [0.4, 0.5) is 5.69 Å². The standard InChI is InChI=1S/C18H24N4O2S/c1-4-22-16(13-6-7-13)20-21-18(22)25-12(3)17(23)19-14-8-10-15(11-9-14)24-5-2/h8-13H,4-7H2,1-3H3,(H,19,23). The van der Waals surface area contributed by atoms with E-state index in [1.807, 2.05) is 38.1 Å². The van der Waals surface area contributed by atoms with Crippen molar-refractivity contribution in [1.82, 2.24) is 14.8 Å². The van der Waals surface area contributed by atoms with Gasteiger partial charge >= 0.3 is 0 Å². The Morgan fingerprint density at radius 1 is 1.32 bits per heavy atom. The maximum absolute atomic E-state index is 12.5. The monoisotopic (exact) mass is 360 g/mol. The highest BCUT2D eigenvalue weighted by molar-refractivity contribution is 8.00. The Balaban J connectivity index is 1.60. The summed E-state index contributed by atoms with van der Waals surface area (Å²) < 4.78 is 7.54. The van der Waals surface area contributed by atoms with Gasteiger partial charge in [0.2, 0.25) is 5.91 Å². The van der Waals surface area contributed by atoms with E-state index < -0.39 is 0 Å². The topological polar surface area (TPSA) is 69.0 Å². The highest BCUT2D eigenvalue weighted by atomic mass is 32.2. The van der Waals surface area contributed by atoms with Crippen molar-refractivity contribution in [2.75, 3.05) is 11.9 Å². The van der Waals surface area contributed by atoms with Gasteiger partial charge in [0.1, 0.15) is 11.6 Å². The zero-order chi connectivity index (χ0) is 17.8. The number of carbonyl (C=O) groups is 1. The van der Waals surface area contributed by atoms with Gasteiger partial charge in [0.25, 0.3) is 0 Å². The Morgan fingerprint density at radius 2 is 2.04 bits per heavy atom. The largest absolute Gasteiger partial charge is 0.494 e. The molecule has 0 spiro atoms. The van der Waals surface area contributed by atoms with Gasteiger partial charge in [0.15, 0.2) is 5.16 Å². The van der Waals surface area contributed by atoms with Gasteiger partial charge in [-0.05, 0) is 57.9 Å². The van der Waals surface area contributed by atoms with Crippen LogP contribution in [-0.4, -0.2) is 32.5 Å². The predicted molar refractivity (Wildman–Crippen MR) is 99.2 cm³/mol. The fourth-order valence-electron chi connectivity index (χ4n) is 2.58. The van der Waals surface area contributed by atoms with Crippen LogP contribution in [0.25, 0.3) is 0 Å². The average Bonchev–Trinajstić information content (AvgIpc) is 3.38. The molecule has 1 unspecified atom stereocenters. The summed E-state index contributed by atoms with van der Waals surface area (Å²) in [5.74, 6) is 2.36. The van der Waals surface area contributed by atoms with E-state index in [2.05, 4.69) is 27.0 Å². The van der Waals surface area contributed by atoms with Crippen molar-refractivity contribution in [3.63, 3.8) is 0 Å². The molecular weight excluding hydrogens is 336 g/mol. The zero-order valence-corrected chi connectivity index (χ0v) is 15.7. The number of thioether (sulfide) groups is 1. The molecule has 7 heteroatoms. The van der Waals surface area contributed by atoms with Crippen LogP contribution in [0.3, 0.4) is 0 Å². The van der Waals surface area contributed by atoms with E-state index >= 15 is 0 Å². The maximum atomic E-state index is 12.5. The first-order valence-electron chi connectivity index (χ1n) is 8.75. The van der Waals surface area contributed by atoms with E-state index in [-0.39, 0.29) is 11.2 Å². The van der Waals surface area contributed by atoms with Gasteiger partial charge in [-0.25, -0.2) is 0 Å². The molecule has 1 atom stereocenters. The van der Waals surface area contributed by atoms with Crippen LogP contribution in [-0.2, 0) is 11.3 Å². The molecule has 6 nitrogen and oxygen atoms in total. The number of nitrogens with zero attached hydrogens (tertiary/aromatic N) is 3. The molecule has 3 rings (SSSR count). The molecule has 0 saturated heterocycles. The van der Waals surface area contributed by atoms with E-state index in [4.69, 9.17) is 4.74 Å². The smallest absolute Gasteiger partial charge is 0.237 e. The Kier molecular flexibility index (Phi) is 5.63. The van der Waals surface area contributed by atoms with Crippen molar-refractivity contribution in [3.05, 3.63) is 30.1 Å². The highest BCUT2D eigenvalue weighted by Gasteiger charge is 2.30. The third-order valence-electron chi connectivity index (χ3n) is 4.09. The SMILES string of the molecule is CCOc1ccc(NC(=O)C(C)Sc2nnc(C3CC3)n2CC)cc1. The van der Waals surface area contributed by atoms with Crippen molar-refractivity contribution in [2.24, 2.45) is 0 Å². The van der Waals surface area contributed by atoms with Crippen LogP contribution in [0.15, 0.2) is 29.4 Å². The fraction of sp³-hybridized carbons (Fsp3) is 0.500. The summed E-state index contributed by atoms with van der Waals surface area (Å²) in [6.07, 6.45) is 2.38. The predicted octanol–water partition coefficient (Wildman–Crippen LogP) is 3.69. The lowest BCUT2D eigenvalue weighted by Crippen LogP contribution is -2.23. The van der Waals surface area contributed by atoms with Gasteiger partial charge in [-0.1, -0.05) is 11.8 Å². The van der Waals surface area contributed by atoms with Crippen molar-refractivity contribution in [1.29, 1.82) is 0 Å². The summed E-state index contributed by atoms with van der Waals surface area (Å²) in [6.45, 7) is 7.37. The maximum Gasteiger partial charge on any atom is 0.237 e. The van der Waals surface area contributed by atoms with Crippen molar-refractivity contribution < 1.29 is 9.53 Å². The van der Waals surface area contributed by atoms with E-state index in [0.29, 0.717) is 12.5 Å². The summed E-state index contributed by atoms with van der Waals surface area (Å²) in [4.78, 5) is 12.5. The van der Waals surface area contributed by atoms with Gasteiger partial charge in [-0.2, -0.15) is 0 Å². The number of aromatic nitrogens is 3. The van der Waals surface area contributed by atoms with Gasteiger partial charge < -0.3 is 14.6 Å². The number of amides is 1. The van der Waals surface area contributed by atoms with Crippen LogP contribution >= 0.6 is 11.8 Å². The van der Waals surface area contributed by atoms with Crippen LogP contribution in [0.1, 0.15) is 45.4 Å². The van der Waals surface area contributed by atoms with Gasteiger partial charge in [0, 0.05) is 18.2 Å². The van der Waals surface area contributed by atoms with Crippen molar-refractivity contribution in [3.8, 4) is 5.75 Å². The quantitative estimate of drug-likeness (QED) is 0.727. The second kappa shape index (κ2) is 7.91. The Bertz CT molecular complexity index is 725. The number of rotatable bonds is 8. The average molecular weight is 360 g/mol. The molecule has 1 fully saturated rings. The van der Waals surface area contributed by atoms with Gasteiger partial charge in [-0.15, -0.1) is 10.2 Å².